The first-order chi connectivity index (χ1) is 15.8. The standard InChI is InChI=1S/C23H29Cl2N6O2/c1-3-29(9-13-31-10-6-28(7-11-31)8-12-31)18-4-5-22(17(2)14-18)26-27-23-20(24)15-19(30(32)33)16-21(23)25/h4-5,14-16H,3,6-13H2,1-2H3/q+1. The summed E-state index contributed by atoms with van der Waals surface area (Å²) in [5.41, 5.74) is 2.91. The lowest BCUT2D eigenvalue weighted by molar-refractivity contribution is -0.939. The van der Waals surface area contributed by atoms with Crippen molar-refractivity contribution in [3.05, 3.63) is 56.1 Å². The molecular formula is C23H29Cl2N6O2+. The summed E-state index contributed by atoms with van der Waals surface area (Å²) in [6.07, 6.45) is 0. The molecule has 2 aromatic carbocycles. The number of anilines is 1. The molecule has 3 heterocycles. The van der Waals surface area contributed by atoms with E-state index in [-0.39, 0.29) is 21.4 Å². The lowest BCUT2D eigenvalue weighted by atomic mass is 10.1. The normalized spacial score (nSPS) is 22.1. The Morgan fingerprint density at radius 2 is 1.73 bits per heavy atom. The number of quaternary nitrogens is 1. The minimum absolute atomic E-state index is 0.0930. The van der Waals surface area contributed by atoms with Crippen molar-refractivity contribution >= 4 is 46.0 Å². The highest BCUT2D eigenvalue weighted by Gasteiger charge is 2.38. The van der Waals surface area contributed by atoms with Crippen molar-refractivity contribution in [3.63, 3.8) is 0 Å². The molecule has 0 radical (unpaired) electrons. The van der Waals surface area contributed by atoms with Gasteiger partial charge in [0.25, 0.3) is 5.69 Å². The number of azo groups is 1. The molecule has 3 aliphatic rings. The molecular weight excluding hydrogens is 463 g/mol. The summed E-state index contributed by atoms with van der Waals surface area (Å²) in [6, 6.07) is 8.59. The zero-order valence-corrected chi connectivity index (χ0v) is 20.5. The number of nitro benzene ring substituents is 1. The van der Waals surface area contributed by atoms with Gasteiger partial charge in [-0.2, -0.15) is 5.11 Å². The minimum Gasteiger partial charge on any atom is -0.366 e. The third kappa shape index (κ3) is 5.30. The third-order valence-corrected chi connectivity index (χ3v) is 7.49. The molecule has 0 atom stereocenters. The van der Waals surface area contributed by atoms with Gasteiger partial charge in [0.15, 0.2) is 0 Å². The van der Waals surface area contributed by atoms with Crippen molar-refractivity contribution < 1.29 is 9.41 Å². The van der Waals surface area contributed by atoms with Gasteiger partial charge < -0.3 is 9.38 Å². The number of nitrogens with zero attached hydrogens (tertiary/aromatic N) is 6. The van der Waals surface area contributed by atoms with E-state index in [2.05, 4.69) is 39.1 Å². The van der Waals surface area contributed by atoms with Crippen LogP contribution in [0.3, 0.4) is 0 Å². The number of aryl methyl sites for hydroxylation is 1. The number of hydrogen-bond donors (Lipinski definition) is 0. The van der Waals surface area contributed by atoms with Gasteiger partial charge in [0.05, 0.1) is 53.4 Å². The first kappa shape index (κ1) is 23.9. The van der Waals surface area contributed by atoms with Crippen molar-refractivity contribution in [2.75, 3.05) is 63.8 Å². The van der Waals surface area contributed by atoms with Crippen LogP contribution in [-0.4, -0.2) is 73.2 Å². The Balaban J connectivity index is 1.46. The Kier molecular flexibility index (Phi) is 7.19. The Morgan fingerprint density at radius 1 is 1.09 bits per heavy atom. The number of rotatable bonds is 8. The second-order valence-electron chi connectivity index (χ2n) is 8.84. The highest BCUT2D eigenvalue weighted by molar-refractivity contribution is 6.39. The SMILES string of the molecule is CCN(CC[N+]12CCN(CC1)CC2)c1ccc(N=Nc2c(Cl)cc([N+](=O)[O-])cc2Cl)c(C)c1. The number of halogens is 2. The molecule has 176 valence electrons. The van der Waals surface area contributed by atoms with Crippen molar-refractivity contribution in [2.24, 2.45) is 10.2 Å². The summed E-state index contributed by atoms with van der Waals surface area (Å²) in [7, 11) is 0. The summed E-state index contributed by atoms with van der Waals surface area (Å²) < 4.78 is 1.25. The van der Waals surface area contributed by atoms with Gasteiger partial charge in [-0.05, 0) is 37.6 Å². The predicted molar refractivity (Wildman–Crippen MR) is 133 cm³/mol. The number of piperazine rings is 3. The number of fused-ring (bicyclic) bond motifs is 3. The van der Waals surface area contributed by atoms with Crippen LogP contribution in [0.2, 0.25) is 10.0 Å². The largest absolute Gasteiger partial charge is 0.366 e. The smallest absolute Gasteiger partial charge is 0.272 e. The van der Waals surface area contributed by atoms with Crippen LogP contribution >= 0.6 is 23.2 Å². The lowest BCUT2D eigenvalue weighted by Crippen LogP contribution is -2.68. The Labute approximate surface area is 204 Å². The van der Waals surface area contributed by atoms with E-state index in [0.29, 0.717) is 5.69 Å². The molecule has 8 nitrogen and oxygen atoms in total. The fourth-order valence-electron chi connectivity index (χ4n) is 4.68. The Hall–Kier alpha value is -2.26. The summed E-state index contributed by atoms with van der Waals surface area (Å²) in [5, 5.41) is 19.6. The molecule has 0 amide bonds. The van der Waals surface area contributed by atoms with Crippen LogP contribution in [0, 0.1) is 17.0 Å². The molecule has 0 spiro atoms. The van der Waals surface area contributed by atoms with Gasteiger partial charge >= 0.3 is 0 Å². The average molecular weight is 492 g/mol. The molecule has 2 aromatic rings. The highest BCUT2D eigenvalue weighted by Crippen LogP contribution is 2.38. The predicted octanol–water partition coefficient (Wildman–Crippen LogP) is 5.60. The monoisotopic (exact) mass is 491 g/mol. The molecule has 10 heteroatoms. The van der Waals surface area contributed by atoms with Gasteiger partial charge in [-0.3, -0.25) is 15.0 Å². The zero-order valence-electron chi connectivity index (χ0n) is 19.0. The lowest BCUT2D eigenvalue weighted by Gasteiger charge is -2.51. The van der Waals surface area contributed by atoms with Crippen LogP contribution in [0.1, 0.15) is 12.5 Å². The van der Waals surface area contributed by atoms with Crippen molar-refractivity contribution in [3.8, 4) is 0 Å². The van der Waals surface area contributed by atoms with Gasteiger partial charge in [0.2, 0.25) is 0 Å². The van der Waals surface area contributed by atoms with Crippen LogP contribution in [0.25, 0.3) is 0 Å². The summed E-state index contributed by atoms with van der Waals surface area (Å²) in [6.45, 7) is 14.8. The van der Waals surface area contributed by atoms with Crippen molar-refractivity contribution in [1.29, 1.82) is 0 Å². The molecule has 3 aliphatic heterocycles. The Morgan fingerprint density at radius 3 is 2.27 bits per heavy atom. The Bertz CT molecular complexity index is 1030. The second kappa shape index (κ2) is 9.93. The maximum absolute atomic E-state index is 11.0. The topological polar surface area (TPSA) is 74.3 Å². The van der Waals surface area contributed by atoms with Gasteiger partial charge in [-0.15, -0.1) is 5.11 Å². The zero-order chi connectivity index (χ0) is 23.6. The fourth-order valence-corrected chi connectivity index (χ4v) is 5.23. The molecule has 2 bridgehead atoms. The van der Waals surface area contributed by atoms with E-state index in [1.807, 2.05) is 13.0 Å². The van der Waals surface area contributed by atoms with Crippen LogP contribution in [0.15, 0.2) is 40.6 Å². The molecule has 0 unspecified atom stereocenters. The molecule has 0 N–H and O–H groups in total. The van der Waals surface area contributed by atoms with E-state index in [9.17, 15) is 10.1 Å². The van der Waals surface area contributed by atoms with E-state index < -0.39 is 4.92 Å². The molecule has 3 saturated heterocycles. The maximum Gasteiger partial charge on any atom is 0.272 e. The number of hydrogen-bond acceptors (Lipinski definition) is 6. The second-order valence-corrected chi connectivity index (χ2v) is 9.66. The summed E-state index contributed by atoms with van der Waals surface area (Å²) in [5.74, 6) is 0. The van der Waals surface area contributed by atoms with E-state index >= 15 is 0 Å². The number of benzene rings is 2. The molecule has 3 fully saturated rings. The average Bonchev–Trinajstić information content (AvgIpc) is 2.81. The summed E-state index contributed by atoms with van der Waals surface area (Å²) >= 11 is 12.3. The minimum atomic E-state index is -0.545. The van der Waals surface area contributed by atoms with Gasteiger partial charge in [0, 0.05) is 44.0 Å². The quantitative estimate of drug-likeness (QED) is 0.208. The molecule has 0 aliphatic carbocycles. The van der Waals surface area contributed by atoms with Crippen LogP contribution < -0.4 is 4.90 Å². The van der Waals surface area contributed by atoms with Gasteiger partial charge in [-0.25, -0.2) is 0 Å². The van der Waals surface area contributed by atoms with Crippen LogP contribution in [0.4, 0.5) is 22.7 Å². The first-order valence-corrected chi connectivity index (χ1v) is 12.0. The number of nitro groups is 1. The molecule has 0 saturated carbocycles. The third-order valence-electron chi connectivity index (χ3n) is 6.91. The first-order valence-electron chi connectivity index (χ1n) is 11.3. The van der Waals surface area contributed by atoms with E-state index in [0.717, 1.165) is 18.7 Å². The van der Waals surface area contributed by atoms with Crippen LogP contribution in [0.5, 0.6) is 0 Å². The molecule has 5 rings (SSSR count). The summed E-state index contributed by atoms with van der Waals surface area (Å²) in [4.78, 5) is 15.4. The van der Waals surface area contributed by atoms with Crippen molar-refractivity contribution in [2.45, 2.75) is 13.8 Å². The highest BCUT2D eigenvalue weighted by atomic mass is 35.5. The maximum atomic E-state index is 11.0. The fraction of sp³-hybridized carbons (Fsp3) is 0.478. The van der Waals surface area contributed by atoms with Gasteiger partial charge in [-0.1, -0.05) is 23.2 Å². The number of likely N-dealkylation sites (N-methyl/N-ethyl adjacent to an activating group) is 1. The molecule has 33 heavy (non-hydrogen) atoms. The van der Waals surface area contributed by atoms with E-state index in [4.69, 9.17) is 23.2 Å². The van der Waals surface area contributed by atoms with E-state index in [1.165, 1.54) is 68.1 Å². The van der Waals surface area contributed by atoms with Crippen LogP contribution in [-0.2, 0) is 0 Å². The van der Waals surface area contributed by atoms with Crippen molar-refractivity contribution in [1.82, 2.24) is 4.90 Å². The molecule has 0 aromatic heterocycles. The number of non-ortho nitro benzene ring substituents is 1. The van der Waals surface area contributed by atoms with E-state index in [1.54, 1.807) is 0 Å². The van der Waals surface area contributed by atoms with Gasteiger partial charge in [0.1, 0.15) is 5.69 Å².